The van der Waals surface area contributed by atoms with E-state index >= 15 is 0 Å². The lowest BCUT2D eigenvalue weighted by Crippen LogP contribution is -2.05. The van der Waals surface area contributed by atoms with Crippen LogP contribution < -0.4 is 5.32 Å². The first-order valence-electron chi connectivity index (χ1n) is 8.41. The zero-order valence-electron chi connectivity index (χ0n) is 14.6. The molecule has 3 aromatic rings. The van der Waals surface area contributed by atoms with Gasteiger partial charge in [-0.1, -0.05) is 23.4 Å². The van der Waals surface area contributed by atoms with E-state index in [0.29, 0.717) is 11.6 Å². The number of carbonyl (C=O) groups excluding carboxylic acids is 1. The molecule has 0 spiro atoms. The maximum atomic E-state index is 11.3. The second-order valence-electron chi connectivity index (χ2n) is 5.97. The molecular weight excluding hydrogens is 340 g/mol. The molecule has 27 heavy (non-hydrogen) atoms. The molecule has 0 aliphatic heterocycles. The van der Waals surface area contributed by atoms with E-state index in [4.69, 9.17) is 4.52 Å². The average Bonchev–Trinajstić information content (AvgIpc) is 3.10. The molecule has 0 atom stereocenters. The highest BCUT2D eigenvalue weighted by Gasteiger charge is 2.20. The number of fused-ring (bicyclic) bond motifs is 1. The van der Waals surface area contributed by atoms with Gasteiger partial charge in [0.15, 0.2) is 0 Å². The van der Waals surface area contributed by atoms with Crippen LogP contribution in [0.5, 0.6) is 0 Å². The number of hydrogen-bond acceptors (Lipinski definition) is 5. The standard InChI is InChI=1S/C15H12N4O2.C6H4/c1-10(20)18-15-13(11-2-6-16-7-3-11)14(19-21-15)12-4-8-17-9-5-12;1-2-5-4-6(5)3-1/h2-9H,1H3,(H,18,20);1-4H. The first kappa shape index (κ1) is 16.7. The zero-order valence-corrected chi connectivity index (χ0v) is 14.6. The Bertz CT molecular complexity index is 1060. The summed E-state index contributed by atoms with van der Waals surface area (Å²) in [4.78, 5) is 19.3. The molecule has 3 heterocycles. The number of nitrogens with one attached hydrogen (secondary N) is 1. The van der Waals surface area contributed by atoms with Gasteiger partial charge >= 0.3 is 0 Å². The maximum Gasteiger partial charge on any atom is 0.239 e. The molecule has 0 bridgehead atoms. The summed E-state index contributed by atoms with van der Waals surface area (Å²) < 4.78 is 5.29. The van der Waals surface area contributed by atoms with Crippen LogP contribution in [0, 0.1) is 0 Å². The van der Waals surface area contributed by atoms with Crippen LogP contribution in [0.15, 0.2) is 77.8 Å². The van der Waals surface area contributed by atoms with Crippen molar-refractivity contribution in [1.29, 1.82) is 0 Å². The van der Waals surface area contributed by atoms with Crippen LogP contribution in [0.2, 0.25) is 0 Å². The smallest absolute Gasteiger partial charge is 0.239 e. The van der Waals surface area contributed by atoms with Gasteiger partial charge in [-0.25, -0.2) is 0 Å². The summed E-state index contributed by atoms with van der Waals surface area (Å²) in [5, 5.41) is 6.74. The number of aromatic nitrogens is 3. The summed E-state index contributed by atoms with van der Waals surface area (Å²) in [6, 6.07) is 15.8. The van der Waals surface area contributed by atoms with Crippen molar-refractivity contribution < 1.29 is 9.32 Å². The molecule has 0 aromatic carbocycles. The molecule has 0 saturated carbocycles. The SMILES string of the molecule is CC(=O)Nc1onc(-c2ccncc2)c1-c1ccncc1.c1cc2cc-2c1. The second kappa shape index (κ2) is 7.21. The number of nitrogens with zero attached hydrogens (tertiary/aromatic N) is 3. The van der Waals surface area contributed by atoms with E-state index in [1.165, 1.54) is 18.1 Å². The molecule has 0 radical (unpaired) electrons. The number of benzene rings is 1. The quantitative estimate of drug-likeness (QED) is 0.517. The largest absolute Gasteiger partial charge is 0.337 e. The van der Waals surface area contributed by atoms with Crippen molar-refractivity contribution >= 4 is 11.8 Å². The third-order valence-corrected chi connectivity index (χ3v) is 4.02. The fourth-order valence-electron chi connectivity index (χ4n) is 2.70. The van der Waals surface area contributed by atoms with Crippen molar-refractivity contribution in [3.63, 3.8) is 0 Å². The van der Waals surface area contributed by atoms with Crippen LogP contribution in [0.25, 0.3) is 33.5 Å². The van der Waals surface area contributed by atoms with Gasteiger partial charge in [0.1, 0.15) is 5.69 Å². The zero-order chi connectivity index (χ0) is 18.6. The number of amides is 1. The van der Waals surface area contributed by atoms with E-state index in [-0.39, 0.29) is 5.91 Å². The molecule has 2 aliphatic rings. The molecule has 6 nitrogen and oxygen atoms in total. The van der Waals surface area contributed by atoms with Crippen LogP contribution in [0.4, 0.5) is 5.88 Å². The fourth-order valence-corrected chi connectivity index (χ4v) is 2.70. The molecule has 0 fully saturated rings. The van der Waals surface area contributed by atoms with Crippen molar-refractivity contribution in [1.82, 2.24) is 15.1 Å². The number of anilines is 1. The van der Waals surface area contributed by atoms with Gasteiger partial charge in [-0.15, -0.1) is 0 Å². The third-order valence-electron chi connectivity index (χ3n) is 4.02. The Labute approximate surface area is 155 Å². The van der Waals surface area contributed by atoms with Crippen molar-refractivity contribution in [3.8, 4) is 33.5 Å². The number of pyridine rings is 2. The molecule has 0 saturated heterocycles. The van der Waals surface area contributed by atoms with Gasteiger partial charge in [0.2, 0.25) is 11.8 Å². The summed E-state index contributed by atoms with van der Waals surface area (Å²) in [6.45, 7) is 1.42. The van der Waals surface area contributed by atoms with Crippen LogP contribution in [0.1, 0.15) is 6.92 Å². The summed E-state index contributed by atoms with van der Waals surface area (Å²) in [6.07, 6.45) is 6.71. The molecule has 3 aromatic heterocycles. The average molecular weight is 356 g/mol. The van der Waals surface area contributed by atoms with Crippen molar-refractivity contribution in [2.75, 3.05) is 5.32 Å². The van der Waals surface area contributed by atoms with Gasteiger partial charge in [-0.3, -0.25) is 20.1 Å². The highest BCUT2D eigenvalue weighted by atomic mass is 16.5. The minimum absolute atomic E-state index is 0.220. The Hall–Kier alpha value is -3.80. The molecule has 132 valence electrons. The molecule has 5 rings (SSSR count). The van der Waals surface area contributed by atoms with E-state index in [1.807, 2.05) is 24.3 Å². The molecule has 0 unspecified atom stereocenters. The van der Waals surface area contributed by atoms with Gasteiger partial charge < -0.3 is 4.52 Å². The maximum absolute atomic E-state index is 11.3. The lowest BCUT2D eigenvalue weighted by Gasteiger charge is -2.04. The second-order valence-corrected chi connectivity index (χ2v) is 5.97. The lowest BCUT2D eigenvalue weighted by molar-refractivity contribution is -0.114. The van der Waals surface area contributed by atoms with Gasteiger partial charge in [0.05, 0.1) is 5.56 Å². The molecular formula is C21H16N4O2. The van der Waals surface area contributed by atoms with E-state index < -0.39 is 0 Å². The predicted molar refractivity (Wildman–Crippen MR) is 103 cm³/mol. The van der Waals surface area contributed by atoms with E-state index in [9.17, 15) is 4.79 Å². The van der Waals surface area contributed by atoms with Gasteiger partial charge in [0, 0.05) is 37.3 Å². The van der Waals surface area contributed by atoms with Crippen molar-refractivity contribution in [3.05, 3.63) is 73.3 Å². The van der Waals surface area contributed by atoms with Gasteiger partial charge in [-0.2, -0.15) is 0 Å². The fraction of sp³-hybridized carbons (Fsp3) is 0.0476. The Balaban J connectivity index is 0.000000250. The minimum Gasteiger partial charge on any atom is -0.337 e. The Morgan fingerprint density at radius 1 is 0.852 bits per heavy atom. The Morgan fingerprint density at radius 3 is 1.93 bits per heavy atom. The van der Waals surface area contributed by atoms with Gasteiger partial charge in [-0.05, 0) is 47.0 Å². The molecule has 1 amide bonds. The topological polar surface area (TPSA) is 80.9 Å². The molecule has 1 N–H and O–H groups in total. The summed E-state index contributed by atoms with van der Waals surface area (Å²) in [7, 11) is 0. The van der Waals surface area contributed by atoms with E-state index in [1.54, 1.807) is 24.8 Å². The predicted octanol–water partition coefficient (Wildman–Crippen LogP) is 4.42. The summed E-state index contributed by atoms with van der Waals surface area (Å²) >= 11 is 0. The lowest BCUT2D eigenvalue weighted by atomic mass is 10.0. The highest BCUT2D eigenvalue weighted by Crippen LogP contribution is 2.37. The van der Waals surface area contributed by atoms with E-state index in [2.05, 4.69) is 44.7 Å². The minimum atomic E-state index is -0.220. The van der Waals surface area contributed by atoms with Crippen LogP contribution in [-0.2, 0) is 4.79 Å². The van der Waals surface area contributed by atoms with Crippen LogP contribution in [0.3, 0.4) is 0 Å². The third kappa shape index (κ3) is 3.74. The number of carbonyl (C=O) groups is 1. The number of hydrogen-bond donors (Lipinski definition) is 1. The molecule has 6 heteroatoms. The first-order valence-corrected chi connectivity index (χ1v) is 8.41. The summed E-state index contributed by atoms with van der Waals surface area (Å²) in [5.41, 5.74) is 5.94. The van der Waals surface area contributed by atoms with Crippen LogP contribution in [-0.4, -0.2) is 21.0 Å². The van der Waals surface area contributed by atoms with Gasteiger partial charge in [0.25, 0.3) is 0 Å². The summed E-state index contributed by atoms with van der Waals surface area (Å²) in [5.74, 6) is 0.100. The monoisotopic (exact) mass is 356 g/mol. The van der Waals surface area contributed by atoms with Crippen molar-refractivity contribution in [2.45, 2.75) is 6.92 Å². The normalized spacial score (nSPS) is 10.6. The van der Waals surface area contributed by atoms with E-state index in [0.717, 1.165) is 16.7 Å². The van der Waals surface area contributed by atoms with Crippen molar-refractivity contribution in [2.24, 2.45) is 0 Å². The highest BCUT2D eigenvalue weighted by molar-refractivity contribution is 5.95. The van der Waals surface area contributed by atoms with Crippen LogP contribution >= 0.6 is 0 Å². The first-order chi connectivity index (χ1) is 13.2. The Kier molecular flexibility index (Phi) is 4.45. The molecule has 2 aliphatic carbocycles. The Morgan fingerprint density at radius 2 is 1.44 bits per heavy atom. The number of rotatable bonds is 3.